The molecule has 0 aliphatic rings. The van der Waals surface area contributed by atoms with Crippen LogP contribution < -0.4 is 0 Å². The van der Waals surface area contributed by atoms with Crippen molar-refractivity contribution in [1.82, 2.24) is 0 Å². The zero-order valence-corrected chi connectivity index (χ0v) is 23.7. The van der Waals surface area contributed by atoms with Gasteiger partial charge in [-0.25, -0.2) is 0 Å². The molecule has 4 rings (SSSR count). The van der Waals surface area contributed by atoms with E-state index in [0.717, 1.165) is 0 Å². The molecule has 4 aromatic rings. The van der Waals surface area contributed by atoms with Crippen molar-refractivity contribution in [2.75, 3.05) is 0 Å². The Morgan fingerprint density at radius 2 is 0.935 bits per heavy atom. The van der Waals surface area contributed by atoms with Crippen LogP contribution in [0, 0.1) is 27.7 Å². The third-order valence-corrected chi connectivity index (χ3v) is 5.84. The van der Waals surface area contributed by atoms with Crippen molar-refractivity contribution in [1.29, 1.82) is 0 Å². The van der Waals surface area contributed by atoms with Gasteiger partial charge in [-0.15, -0.1) is 69.1 Å². The zero-order chi connectivity index (χ0) is 23.0. The van der Waals surface area contributed by atoms with Gasteiger partial charge in [-0.05, 0) is 40.5 Å². The van der Waals surface area contributed by atoms with Gasteiger partial charge in [0.2, 0.25) is 0 Å². The van der Waals surface area contributed by atoms with Crippen LogP contribution in [0.15, 0.2) is 48.5 Å². The molecule has 3 heteroatoms. The predicted octanol–water partition coefficient (Wildman–Crippen LogP) is 9.63. The van der Waals surface area contributed by atoms with E-state index in [2.05, 4.69) is 90.1 Å². The summed E-state index contributed by atoms with van der Waals surface area (Å²) in [5, 5.41) is 5.60. The normalized spacial score (nSPS) is 10.3. The van der Waals surface area contributed by atoms with Crippen LogP contribution >= 0.6 is 17.0 Å². The first kappa shape index (κ1) is 26.4. The van der Waals surface area contributed by atoms with E-state index in [1.54, 1.807) is 0 Å². The SMILES string of the molecule is CCCc1cc2cc(C)c(C)cc2[cH-]1.CCCc1cc2cc(C)c(C)cc2[cH-]1.[Cl][Zr+2][Cl]. The molecule has 0 fully saturated rings. The van der Waals surface area contributed by atoms with Gasteiger partial charge in [-0.2, -0.15) is 12.1 Å². The minimum atomic E-state index is -0.826. The molecule has 4 aromatic carbocycles. The van der Waals surface area contributed by atoms with E-state index in [-0.39, 0.29) is 0 Å². The fourth-order valence-corrected chi connectivity index (χ4v) is 3.97. The Morgan fingerprint density at radius 1 is 0.613 bits per heavy atom. The third kappa shape index (κ3) is 7.59. The summed E-state index contributed by atoms with van der Waals surface area (Å²) in [6.45, 7) is 13.2. The van der Waals surface area contributed by atoms with Gasteiger partial charge in [0.15, 0.2) is 0 Å². The summed E-state index contributed by atoms with van der Waals surface area (Å²) < 4.78 is 0. The van der Waals surface area contributed by atoms with E-state index in [9.17, 15) is 0 Å². The fourth-order valence-electron chi connectivity index (χ4n) is 3.97. The Labute approximate surface area is 207 Å². The second-order valence-electron chi connectivity index (χ2n) is 8.43. The Balaban J connectivity index is 0.000000196. The molecular weight excluding hydrogens is 498 g/mol. The van der Waals surface area contributed by atoms with Crippen LogP contribution in [-0.2, 0) is 33.7 Å². The molecule has 0 N–H and O–H groups in total. The van der Waals surface area contributed by atoms with Gasteiger partial charge >= 0.3 is 37.9 Å². The molecule has 31 heavy (non-hydrogen) atoms. The van der Waals surface area contributed by atoms with Crippen molar-refractivity contribution in [3.05, 3.63) is 81.9 Å². The fraction of sp³-hybridized carbons (Fsp3) is 0.357. The molecule has 0 aliphatic carbocycles. The zero-order valence-electron chi connectivity index (χ0n) is 19.7. The molecular formula is C28H34Cl2Zr. The van der Waals surface area contributed by atoms with Crippen molar-refractivity contribution in [2.24, 2.45) is 0 Å². The first-order valence-electron chi connectivity index (χ1n) is 11.1. The molecule has 0 atom stereocenters. The van der Waals surface area contributed by atoms with Crippen LogP contribution in [-0.4, -0.2) is 0 Å². The molecule has 0 radical (unpaired) electrons. The number of benzene rings is 2. The van der Waals surface area contributed by atoms with Gasteiger partial charge in [-0.1, -0.05) is 48.9 Å². The quantitative estimate of drug-likeness (QED) is 0.230. The topological polar surface area (TPSA) is 0 Å². The van der Waals surface area contributed by atoms with Gasteiger partial charge in [0.25, 0.3) is 0 Å². The molecule has 0 heterocycles. The summed E-state index contributed by atoms with van der Waals surface area (Å²) >= 11 is -0.826. The van der Waals surface area contributed by atoms with Crippen molar-refractivity contribution in [3.8, 4) is 0 Å². The van der Waals surface area contributed by atoms with E-state index < -0.39 is 20.8 Å². The van der Waals surface area contributed by atoms with E-state index in [4.69, 9.17) is 17.0 Å². The van der Waals surface area contributed by atoms with Gasteiger partial charge in [0.05, 0.1) is 0 Å². The summed E-state index contributed by atoms with van der Waals surface area (Å²) in [5.41, 5.74) is 8.54. The van der Waals surface area contributed by atoms with Gasteiger partial charge in [0, 0.05) is 0 Å². The molecule has 0 aliphatic heterocycles. The van der Waals surface area contributed by atoms with Crippen LogP contribution in [0.1, 0.15) is 60.1 Å². The van der Waals surface area contributed by atoms with Crippen LogP contribution in [0.3, 0.4) is 0 Å². The maximum absolute atomic E-state index is 4.93. The molecule has 0 spiro atoms. The monoisotopic (exact) mass is 530 g/mol. The van der Waals surface area contributed by atoms with Gasteiger partial charge in [-0.3, -0.25) is 0 Å². The number of hydrogen-bond acceptors (Lipinski definition) is 0. The second-order valence-corrected chi connectivity index (χ2v) is 12.2. The first-order chi connectivity index (χ1) is 14.8. The molecule has 0 saturated carbocycles. The van der Waals surface area contributed by atoms with Crippen molar-refractivity contribution >= 4 is 38.6 Å². The Kier molecular flexibility index (Phi) is 11.0. The average Bonchev–Trinajstić information content (AvgIpc) is 3.27. The summed E-state index contributed by atoms with van der Waals surface area (Å²) in [4.78, 5) is 0. The summed E-state index contributed by atoms with van der Waals surface area (Å²) in [6.07, 6.45) is 4.86. The van der Waals surface area contributed by atoms with Gasteiger partial charge < -0.3 is 0 Å². The second kappa shape index (κ2) is 13.0. The minimum absolute atomic E-state index is 0.826. The molecule has 0 aromatic heterocycles. The Morgan fingerprint density at radius 3 is 1.26 bits per heavy atom. The molecule has 0 amide bonds. The third-order valence-electron chi connectivity index (χ3n) is 5.84. The number of fused-ring (bicyclic) bond motifs is 2. The average molecular weight is 533 g/mol. The van der Waals surface area contributed by atoms with Crippen LogP contribution in [0.25, 0.3) is 21.5 Å². The number of hydrogen-bond donors (Lipinski definition) is 0. The van der Waals surface area contributed by atoms with E-state index in [0.29, 0.717) is 0 Å². The van der Waals surface area contributed by atoms with Crippen molar-refractivity contribution < 1.29 is 20.8 Å². The standard InChI is InChI=1S/2C14H17.2ClH.Zr/c2*1-4-5-12-8-13-6-10(2)11(3)7-14(13)9-12;;;/h2*6-9H,4-5H2,1-3H3;2*1H;/q2*-1;;;+4/p-2. The number of aryl methyl sites for hydroxylation is 6. The summed E-state index contributed by atoms with van der Waals surface area (Å²) in [7, 11) is 9.87. The maximum atomic E-state index is 4.93. The van der Waals surface area contributed by atoms with Crippen molar-refractivity contribution in [3.63, 3.8) is 0 Å². The molecule has 0 saturated heterocycles. The van der Waals surface area contributed by atoms with Crippen molar-refractivity contribution in [2.45, 2.75) is 67.2 Å². The van der Waals surface area contributed by atoms with E-state index in [1.165, 1.54) is 80.6 Å². The van der Waals surface area contributed by atoms with E-state index >= 15 is 0 Å². The Hall–Kier alpha value is -0.877. The predicted molar refractivity (Wildman–Crippen MR) is 138 cm³/mol. The molecule has 0 unspecified atom stereocenters. The van der Waals surface area contributed by atoms with Crippen LogP contribution in [0.5, 0.6) is 0 Å². The van der Waals surface area contributed by atoms with Crippen LogP contribution in [0.4, 0.5) is 0 Å². The summed E-state index contributed by atoms with van der Waals surface area (Å²) in [5.74, 6) is 0. The molecule has 0 bridgehead atoms. The molecule has 164 valence electrons. The van der Waals surface area contributed by atoms with Gasteiger partial charge in [0.1, 0.15) is 0 Å². The van der Waals surface area contributed by atoms with Crippen LogP contribution in [0.2, 0.25) is 0 Å². The number of halogens is 2. The first-order valence-corrected chi connectivity index (χ1v) is 17.4. The Bertz CT molecular complexity index is 935. The molecule has 0 nitrogen and oxygen atoms in total. The van der Waals surface area contributed by atoms with E-state index in [1.807, 2.05) is 0 Å². The summed E-state index contributed by atoms with van der Waals surface area (Å²) in [6, 6.07) is 18.5. The number of rotatable bonds is 4.